The van der Waals surface area contributed by atoms with E-state index in [4.69, 9.17) is 20.2 Å². The summed E-state index contributed by atoms with van der Waals surface area (Å²) in [6.45, 7) is 5.53. The third kappa shape index (κ3) is 7.83. The van der Waals surface area contributed by atoms with Crippen LogP contribution in [-0.4, -0.2) is 43.8 Å². The Balaban J connectivity index is 1.41. The van der Waals surface area contributed by atoms with Gasteiger partial charge in [-0.05, 0) is 92.7 Å². The van der Waals surface area contributed by atoms with Gasteiger partial charge in [-0.1, -0.05) is 37.6 Å². The van der Waals surface area contributed by atoms with Crippen molar-refractivity contribution < 1.29 is 14.3 Å². The molecule has 0 bridgehead atoms. The van der Waals surface area contributed by atoms with Crippen LogP contribution < -0.4 is 20.5 Å². The zero-order valence-electron chi connectivity index (χ0n) is 23.3. The first-order valence-electron chi connectivity index (χ1n) is 13.8. The predicted molar refractivity (Wildman–Crippen MR) is 159 cm³/mol. The highest BCUT2D eigenvalue weighted by Gasteiger charge is 2.18. The van der Waals surface area contributed by atoms with E-state index in [1.807, 2.05) is 42.5 Å². The zero-order valence-corrected chi connectivity index (χ0v) is 23.3. The summed E-state index contributed by atoms with van der Waals surface area (Å²) in [6.07, 6.45) is 13.0. The van der Waals surface area contributed by atoms with Gasteiger partial charge in [0.05, 0.1) is 25.6 Å². The largest absolute Gasteiger partial charge is 0.493 e. The highest BCUT2D eigenvalue weighted by atomic mass is 16.5. The molecule has 0 atom stereocenters. The molecule has 0 radical (unpaired) electrons. The molecule has 39 heavy (non-hydrogen) atoms. The molecule has 0 spiro atoms. The third-order valence-electron chi connectivity index (χ3n) is 7.39. The Labute approximate surface area is 232 Å². The molecule has 1 fully saturated rings. The van der Waals surface area contributed by atoms with E-state index in [-0.39, 0.29) is 11.6 Å². The van der Waals surface area contributed by atoms with Crippen molar-refractivity contribution in [1.82, 2.24) is 4.90 Å². The SMILES string of the molecule is CCC1CCN(Cc2ccc(NC(=O)C(N)=CC3=N/C(c4ccc(OC)c(OC)c4)=C\C=C/CC3)cc2)CC1. The van der Waals surface area contributed by atoms with Gasteiger partial charge in [-0.3, -0.25) is 14.7 Å². The average Bonchev–Trinajstić information content (AvgIpc) is 2.95. The van der Waals surface area contributed by atoms with Crippen LogP contribution in [0.5, 0.6) is 11.5 Å². The first kappa shape index (κ1) is 28.2. The molecule has 0 saturated carbocycles. The van der Waals surface area contributed by atoms with Gasteiger partial charge >= 0.3 is 0 Å². The number of carbonyl (C=O) groups excluding carboxylic acids is 1. The lowest BCUT2D eigenvalue weighted by Gasteiger charge is -2.31. The lowest BCUT2D eigenvalue weighted by Crippen LogP contribution is -2.32. The lowest BCUT2D eigenvalue weighted by molar-refractivity contribution is -0.112. The fourth-order valence-corrected chi connectivity index (χ4v) is 4.95. The van der Waals surface area contributed by atoms with E-state index in [0.29, 0.717) is 17.9 Å². The number of hydrogen-bond donors (Lipinski definition) is 2. The molecule has 2 aliphatic heterocycles. The van der Waals surface area contributed by atoms with Crippen molar-refractivity contribution in [3.63, 3.8) is 0 Å². The second-order valence-corrected chi connectivity index (χ2v) is 10.1. The molecule has 1 amide bonds. The lowest BCUT2D eigenvalue weighted by atomic mass is 9.94. The molecule has 0 unspecified atom stereocenters. The van der Waals surface area contributed by atoms with Gasteiger partial charge < -0.3 is 20.5 Å². The summed E-state index contributed by atoms with van der Waals surface area (Å²) in [5.41, 5.74) is 10.7. The second kappa shape index (κ2) is 13.8. The van der Waals surface area contributed by atoms with Crippen LogP contribution in [0.15, 0.2) is 77.5 Å². The molecular weight excluding hydrogens is 488 g/mol. The topological polar surface area (TPSA) is 89.2 Å². The highest BCUT2D eigenvalue weighted by Crippen LogP contribution is 2.31. The number of hydrogen-bond acceptors (Lipinski definition) is 6. The summed E-state index contributed by atoms with van der Waals surface area (Å²) in [5.74, 6) is 1.80. The van der Waals surface area contributed by atoms with Gasteiger partial charge in [-0.15, -0.1) is 0 Å². The molecule has 4 rings (SSSR count). The van der Waals surface area contributed by atoms with Crippen molar-refractivity contribution in [2.75, 3.05) is 32.6 Å². The van der Waals surface area contributed by atoms with Crippen molar-refractivity contribution in [2.45, 2.75) is 45.6 Å². The van der Waals surface area contributed by atoms with Crippen molar-refractivity contribution >= 4 is 23.0 Å². The summed E-state index contributed by atoms with van der Waals surface area (Å²) in [5, 5.41) is 2.91. The number of likely N-dealkylation sites (tertiary alicyclic amines) is 1. The Hall–Kier alpha value is -3.84. The highest BCUT2D eigenvalue weighted by molar-refractivity contribution is 6.09. The number of piperidine rings is 1. The maximum atomic E-state index is 12.9. The quantitative estimate of drug-likeness (QED) is 0.393. The second-order valence-electron chi connectivity index (χ2n) is 10.1. The first-order valence-corrected chi connectivity index (χ1v) is 13.8. The molecule has 2 heterocycles. The van der Waals surface area contributed by atoms with Crippen molar-refractivity contribution in [3.05, 3.63) is 83.6 Å². The Kier molecular flexibility index (Phi) is 9.97. The summed E-state index contributed by atoms with van der Waals surface area (Å²) in [6, 6.07) is 13.7. The minimum atomic E-state index is -0.346. The molecule has 1 saturated heterocycles. The molecule has 0 aromatic heterocycles. The molecular formula is C32H40N4O3. The van der Waals surface area contributed by atoms with Gasteiger partial charge in [0.15, 0.2) is 11.5 Å². The van der Waals surface area contributed by atoms with Crippen LogP contribution in [0.2, 0.25) is 0 Å². The first-order chi connectivity index (χ1) is 19.0. The van der Waals surface area contributed by atoms with Crippen LogP contribution in [0.25, 0.3) is 5.70 Å². The van der Waals surface area contributed by atoms with E-state index in [1.165, 1.54) is 24.8 Å². The van der Waals surface area contributed by atoms with Crippen molar-refractivity contribution in [3.8, 4) is 11.5 Å². The molecule has 7 heteroatoms. The number of anilines is 1. The predicted octanol–water partition coefficient (Wildman–Crippen LogP) is 5.94. The standard InChI is InChI=1S/C32H40N4O3/c1-4-23-16-18-36(19-17-23)22-24-10-13-26(14-11-24)35-32(37)28(33)21-27-8-6-5-7-9-29(34-27)25-12-15-30(38-2)31(20-25)39-3/h5,7,9-15,20-21,23H,4,6,8,16-19,22,33H2,1-3H3,(H,35,37)/b7-5-,28-21?,29-9-,34-27?. The molecule has 2 aliphatic rings. The molecule has 7 nitrogen and oxygen atoms in total. The number of methoxy groups -OCH3 is 2. The van der Waals surface area contributed by atoms with Crippen LogP contribution in [0.3, 0.4) is 0 Å². The fourth-order valence-electron chi connectivity index (χ4n) is 4.95. The van der Waals surface area contributed by atoms with E-state index in [0.717, 1.165) is 54.6 Å². The summed E-state index contributed by atoms with van der Waals surface area (Å²) in [4.78, 5) is 20.2. The third-order valence-corrected chi connectivity index (χ3v) is 7.39. The number of amides is 1. The number of ether oxygens (including phenoxy) is 2. The molecule has 2 aromatic carbocycles. The smallest absolute Gasteiger partial charge is 0.271 e. The van der Waals surface area contributed by atoms with E-state index in [9.17, 15) is 4.79 Å². The normalized spacial score (nSPS) is 19.2. The number of rotatable bonds is 9. The van der Waals surface area contributed by atoms with Crippen LogP contribution >= 0.6 is 0 Å². The van der Waals surface area contributed by atoms with E-state index in [1.54, 1.807) is 20.3 Å². The van der Waals surface area contributed by atoms with Crippen molar-refractivity contribution in [1.29, 1.82) is 0 Å². The monoisotopic (exact) mass is 528 g/mol. The van der Waals surface area contributed by atoms with Gasteiger partial charge in [0.2, 0.25) is 0 Å². The Morgan fingerprint density at radius 2 is 1.85 bits per heavy atom. The van der Waals surface area contributed by atoms with E-state index in [2.05, 4.69) is 35.3 Å². The van der Waals surface area contributed by atoms with Crippen LogP contribution in [0.4, 0.5) is 5.69 Å². The van der Waals surface area contributed by atoms with Crippen LogP contribution in [-0.2, 0) is 11.3 Å². The van der Waals surface area contributed by atoms with Crippen LogP contribution in [0.1, 0.15) is 50.2 Å². The maximum absolute atomic E-state index is 12.9. The average molecular weight is 529 g/mol. The van der Waals surface area contributed by atoms with Gasteiger partial charge in [0.1, 0.15) is 0 Å². The van der Waals surface area contributed by atoms with Crippen molar-refractivity contribution in [2.24, 2.45) is 16.6 Å². The number of allylic oxidation sites excluding steroid dienone is 4. The zero-order chi connectivity index (χ0) is 27.6. The maximum Gasteiger partial charge on any atom is 0.271 e. The summed E-state index contributed by atoms with van der Waals surface area (Å²) >= 11 is 0. The Morgan fingerprint density at radius 3 is 2.54 bits per heavy atom. The van der Waals surface area contributed by atoms with Gasteiger partial charge in [0.25, 0.3) is 5.91 Å². The van der Waals surface area contributed by atoms with E-state index < -0.39 is 0 Å². The fraction of sp³-hybridized carbons (Fsp3) is 0.375. The minimum absolute atomic E-state index is 0.118. The molecule has 2 aromatic rings. The minimum Gasteiger partial charge on any atom is -0.493 e. The Bertz CT molecular complexity index is 1250. The molecule has 206 valence electrons. The number of nitrogens with two attached hydrogens (primary N) is 1. The van der Waals surface area contributed by atoms with Gasteiger partial charge in [-0.2, -0.15) is 0 Å². The van der Waals surface area contributed by atoms with E-state index >= 15 is 0 Å². The van der Waals surface area contributed by atoms with Gasteiger partial charge in [0, 0.05) is 23.5 Å². The molecule has 3 N–H and O–H groups in total. The number of benzene rings is 2. The van der Waals surface area contributed by atoms with Gasteiger partial charge in [-0.25, -0.2) is 0 Å². The summed E-state index contributed by atoms with van der Waals surface area (Å²) < 4.78 is 10.8. The summed E-state index contributed by atoms with van der Waals surface area (Å²) in [7, 11) is 3.21. The molecule has 0 aliphatic carbocycles. The number of aliphatic imine (C=N–C) groups is 1. The number of carbonyl (C=O) groups is 1. The number of nitrogens with zero attached hydrogens (tertiary/aromatic N) is 2. The number of nitrogens with one attached hydrogen (secondary N) is 1. The van der Waals surface area contributed by atoms with Crippen LogP contribution in [0, 0.1) is 5.92 Å². The Morgan fingerprint density at radius 1 is 1.10 bits per heavy atom.